The van der Waals surface area contributed by atoms with Crippen LogP contribution >= 0.6 is 11.6 Å². The Morgan fingerprint density at radius 3 is 1.62 bits per heavy atom. The van der Waals surface area contributed by atoms with E-state index in [1.807, 2.05) is 6.92 Å². The standard InChI is InChI=1S/C7H13Cl/c1-5(2)6(3)7(4)8/h7H,1-4H3. The summed E-state index contributed by atoms with van der Waals surface area (Å²) in [7, 11) is 0. The van der Waals surface area contributed by atoms with Gasteiger partial charge in [0.2, 0.25) is 0 Å². The minimum absolute atomic E-state index is 0.194. The highest BCUT2D eigenvalue weighted by atomic mass is 35.5. The van der Waals surface area contributed by atoms with Gasteiger partial charge >= 0.3 is 0 Å². The van der Waals surface area contributed by atoms with Gasteiger partial charge in [-0.3, -0.25) is 0 Å². The van der Waals surface area contributed by atoms with Crippen molar-refractivity contribution in [3.63, 3.8) is 0 Å². The first-order valence-electron chi connectivity index (χ1n) is 2.83. The fourth-order valence-electron chi connectivity index (χ4n) is 0.398. The van der Waals surface area contributed by atoms with Crippen molar-refractivity contribution in [2.75, 3.05) is 0 Å². The van der Waals surface area contributed by atoms with Crippen LogP contribution in [0, 0.1) is 0 Å². The molecule has 0 nitrogen and oxygen atoms in total. The van der Waals surface area contributed by atoms with Crippen LogP contribution < -0.4 is 0 Å². The summed E-state index contributed by atoms with van der Waals surface area (Å²) in [6, 6.07) is 0. The second kappa shape index (κ2) is 3.13. The lowest BCUT2D eigenvalue weighted by atomic mass is 10.1. The minimum atomic E-state index is 0.194. The van der Waals surface area contributed by atoms with Crippen molar-refractivity contribution >= 4 is 11.6 Å². The second-order valence-corrected chi connectivity index (χ2v) is 2.95. The third-order valence-electron chi connectivity index (χ3n) is 1.39. The van der Waals surface area contributed by atoms with Gasteiger partial charge in [0.1, 0.15) is 0 Å². The molecule has 0 fully saturated rings. The maximum atomic E-state index is 5.77. The summed E-state index contributed by atoms with van der Waals surface area (Å²) in [6.07, 6.45) is 0. The molecule has 1 heteroatoms. The van der Waals surface area contributed by atoms with Crippen LogP contribution in [0.4, 0.5) is 0 Å². The van der Waals surface area contributed by atoms with E-state index in [0.717, 1.165) is 0 Å². The molecule has 1 unspecified atom stereocenters. The van der Waals surface area contributed by atoms with E-state index in [-0.39, 0.29) is 5.38 Å². The number of allylic oxidation sites excluding steroid dienone is 2. The molecule has 0 aromatic rings. The second-order valence-electron chi connectivity index (χ2n) is 2.30. The van der Waals surface area contributed by atoms with Gasteiger partial charge in [-0.25, -0.2) is 0 Å². The van der Waals surface area contributed by atoms with Gasteiger partial charge in [-0.1, -0.05) is 11.1 Å². The maximum Gasteiger partial charge on any atom is 0.0516 e. The lowest BCUT2D eigenvalue weighted by Gasteiger charge is -2.03. The zero-order valence-electron chi connectivity index (χ0n) is 5.96. The van der Waals surface area contributed by atoms with E-state index in [4.69, 9.17) is 11.6 Å². The largest absolute Gasteiger partial charge is 0.118 e. The van der Waals surface area contributed by atoms with Crippen LogP contribution in [0.2, 0.25) is 0 Å². The highest BCUT2D eigenvalue weighted by Crippen LogP contribution is 2.11. The van der Waals surface area contributed by atoms with Gasteiger partial charge < -0.3 is 0 Å². The van der Waals surface area contributed by atoms with Gasteiger partial charge in [-0.05, 0) is 27.7 Å². The number of halogens is 1. The van der Waals surface area contributed by atoms with Crippen LogP contribution in [0.1, 0.15) is 27.7 Å². The van der Waals surface area contributed by atoms with Gasteiger partial charge in [0.15, 0.2) is 0 Å². The first-order valence-corrected chi connectivity index (χ1v) is 3.27. The Hall–Kier alpha value is 0.0300. The van der Waals surface area contributed by atoms with Gasteiger partial charge in [0, 0.05) is 0 Å². The van der Waals surface area contributed by atoms with E-state index < -0.39 is 0 Å². The molecule has 0 aromatic heterocycles. The highest BCUT2D eigenvalue weighted by Gasteiger charge is 1.98. The van der Waals surface area contributed by atoms with Crippen molar-refractivity contribution in [3.8, 4) is 0 Å². The fourth-order valence-corrected chi connectivity index (χ4v) is 0.616. The number of rotatable bonds is 1. The van der Waals surface area contributed by atoms with Crippen molar-refractivity contribution in [2.45, 2.75) is 33.1 Å². The van der Waals surface area contributed by atoms with Crippen molar-refractivity contribution in [1.82, 2.24) is 0 Å². The van der Waals surface area contributed by atoms with Gasteiger partial charge in [-0.2, -0.15) is 0 Å². The average molecular weight is 133 g/mol. The monoisotopic (exact) mass is 132 g/mol. The lowest BCUT2D eigenvalue weighted by molar-refractivity contribution is 1.06. The Balaban J connectivity index is 4.00. The smallest absolute Gasteiger partial charge is 0.0516 e. The molecule has 0 bridgehead atoms. The lowest BCUT2D eigenvalue weighted by Crippen LogP contribution is -1.93. The molecular formula is C7H13Cl. The number of hydrogen-bond donors (Lipinski definition) is 0. The third kappa shape index (κ3) is 2.37. The molecule has 0 aliphatic carbocycles. The maximum absolute atomic E-state index is 5.77. The van der Waals surface area contributed by atoms with Gasteiger partial charge in [-0.15, -0.1) is 11.6 Å². The fraction of sp³-hybridized carbons (Fsp3) is 0.714. The normalized spacial score (nSPS) is 13.1. The zero-order chi connectivity index (χ0) is 6.73. The molecule has 8 heavy (non-hydrogen) atoms. The Kier molecular flexibility index (Phi) is 3.15. The average Bonchev–Trinajstić information content (AvgIpc) is 1.64. The summed E-state index contributed by atoms with van der Waals surface area (Å²) < 4.78 is 0. The molecule has 0 saturated heterocycles. The SMILES string of the molecule is CC(C)=C(C)C(C)Cl. The zero-order valence-corrected chi connectivity index (χ0v) is 6.71. The van der Waals surface area contributed by atoms with Crippen LogP contribution in [-0.4, -0.2) is 5.38 Å². The predicted octanol–water partition coefficient (Wildman–Crippen LogP) is 2.97. The van der Waals surface area contributed by atoms with E-state index in [9.17, 15) is 0 Å². The van der Waals surface area contributed by atoms with Crippen LogP contribution in [-0.2, 0) is 0 Å². The summed E-state index contributed by atoms with van der Waals surface area (Å²) in [4.78, 5) is 0. The number of hydrogen-bond acceptors (Lipinski definition) is 0. The molecule has 0 spiro atoms. The molecule has 0 radical (unpaired) electrons. The van der Waals surface area contributed by atoms with E-state index in [0.29, 0.717) is 0 Å². The molecule has 0 amide bonds. The first-order chi connectivity index (χ1) is 3.55. The summed E-state index contributed by atoms with van der Waals surface area (Å²) in [5, 5.41) is 0.194. The van der Waals surface area contributed by atoms with Gasteiger partial charge in [0.05, 0.1) is 5.38 Å². The molecule has 0 aromatic carbocycles. The quantitative estimate of drug-likeness (QED) is 0.380. The number of alkyl halides is 1. The molecule has 0 aliphatic rings. The molecular weight excluding hydrogens is 120 g/mol. The predicted molar refractivity (Wildman–Crippen MR) is 39.4 cm³/mol. The van der Waals surface area contributed by atoms with Crippen LogP contribution in [0.3, 0.4) is 0 Å². The molecule has 0 saturated carbocycles. The Labute approximate surface area is 56.5 Å². The van der Waals surface area contributed by atoms with Crippen molar-refractivity contribution in [1.29, 1.82) is 0 Å². The molecule has 0 heterocycles. The Morgan fingerprint density at radius 2 is 1.62 bits per heavy atom. The van der Waals surface area contributed by atoms with Crippen molar-refractivity contribution in [2.24, 2.45) is 0 Å². The third-order valence-corrected chi connectivity index (χ3v) is 1.71. The minimum Gasteiger partial charge on any atom is -0.118 e. The molecule has 0 aliphatic heterocycles. The van der Waals surface area contributed by atoms with Crippen LogP contribution in [0.15, 0.2) is 11.1 Å². The molecule has 48 valence electrons. The Bertz CT molecular complexity index is 97.0. The summed E-state index contributed by atoms with van der Waals surface area (Å²) in [5.41, 5.74) is 2.61. The highest BCUT2D eigenvalue weighted by molar-refractivity contribution is 6.22. The first kappa shape index (κ1) is 8.03. The van der Waals surface area contributed by atoms with E-state index in [1.54, 1.807) is 0 Å². The van der Waals surface area contributed by atoms with E-state index >= 15 is 0 Å². The van der Waals surface area contributed by atoms with Crippen LogP contribution in [0.5, 0.6) is 0 Å². The molecule has 0 rings (SSSR count). The van der Waals surface area contributed by atoms with Gasteiger partial charge in [0.25, 0.3) is 0 Å². The summed E-state index contributed by atoms with van der Waals surface area (Å²) >= 11 is 5.77. The topological polar surface area (TPSA) is 0 Å². The van der Waals surface area contributed by atoms with Crippen molar-refractivity contribution in [3.05, 3.63) is 11.1 Å². The van der Waals surface area contributed by atoms with Crippen LogP contribution in [0.25, 0.3) is 0 Å². The van der Waals surface area contributed by atoms with Crippen molar-refractivity contribution < 1.29 is 0 Å². The molecule has 1 atom stereocenters. The summed E-state index contributed by atoms with van der Waals surface area (Å²) in [5.74, 6) is 0. The van der Waals surface area contributed by atoms with E-state index in [2.05, 4.69) is 20.8 Å². The van der Waals surface area contributed by atoms with E-state index in [1.165, 1.54) is 11.1 Å². The molecule has 0 N–H and O–H groups in total. The summed E-state index contributed by atoms with van der Waals surface area (Å²) in [6.45, 7) is 8.21. The Morgan fingerprint density at radius 1 is 1.25 bits per heavy atom.